The Bertz CT molecular complexity index is 730. The highest BCUT2D eigenvalue weighted by Gasteiger charge is 2.45. The smallest absolute Gasteiger partial charge is 0.244 e. The fourth-order valence-electron chi connectivity index (χ4n) is 6.04. The van der Waals surface area contributed by atoms with Crippen molar-refractivity contribution in [2.24, 2.45) is 5.92 Å². The molecular weight excluding hydrogens is 396 g/mol. The van der Waals surface area contributed by atoms with E-state index in [1.165, 1.54) is 32.2 Å². The number of benzene rings is 1. The van der Waals surface area contributed by atoms with Gasteiger partial charge in [-0.05, 0) is 83.8 Å². The lowest BCUT2D eigenvalue weighted by molar-refractivity contribution is -0.130. The van der Waals surface area contributed by atoms with E-state index in [1.807, 2.05) is 0 Å². The lowest BCUT2D eigenvalue weighted by Crippen LogP contribution is -2.61. The summed E-state index contributed by atoms with van der Waals surface area (Å²) in [5, 5.41) is 3.31. The highest BCUT2D eigenvalue weighted by molar-refractivity contribution is 5.99. The van der Waals surface area contributed by atoms with Gasteiger partial charge < -0.3 is 10.2 Å². The van der Waals surface area contributed by atoms with Crippen molar-refractivity contribution < 1.29 is 4.79 Å². The SMILES string of the molecule is CCN(CC)C[C@@H]1CCCC[C@H]1N1CCC(C(=O)Nc2c(C)cccc2C)(N(C)C)CC1. The van der Waals surface area contributed by atoms with Crippen LogP contribution in [0.4, 0.5) is 5.69 Å². The van der Waals surface area contributed by atoms with Crippen LogP contribution in [0.5, 0.6) is 0 Å². The summed E-state index contributed by atoms with van der Waals surface area (Å²) in [6, 6.07) is 6.88. The van der Waals surface area contributed by atoms with Crippen LogP contribution in [0.3, 0.4) is 0 Å². The Morgan fingerprint density at radius 2 is 1.66 bits per heavy atom. The number of piperidine rings is 1. The molecule has 0 aromatic heterocycles. The molecule has 3 rings (SSSR count). The maximum Gasteiger partial charge on any atom is 0.244 e. The molecule has 0 bridgehead atoms. The van der Waals surface area contributed by atoms with E-state index in [0.29, 0.717) is 6.04 Å². The number of carbonyl (C=O) groups excluding carboxylic acids is 1. The van der Waals surface area contributed by atoms with Crippen molar-refractivity contribution in [1.82, 2.24) is 14.7 Å². The first-order chi connectivity index (χ1) is 15.3. The summed E-state index contributed by atoms with van der Waals surface area (Å²) >= 11 is 0. The van der Waals surface area contributed by atoms with Crippen LogP contribution in [0.1, 0.15) is 63.5 Å². The van der Waals surface area contributed by atoms with Gasteiger partial charge in [0, 0.05) is 31.4 Å². The lowest BCUT2D eigenvalue weighted by atomic mass is 9.79. The second kappa shape index (κ2) is 11.1. The van der Waals surface area contributed by atoms with Gasteiger partial charge in [-0.2, -0.15) is 0 Å². The number of likely N-dealkylation sites (N-methyl/N-ethyl adjacent to an activating group) is 1. The molecule has 180 valence electrons. The number of rotatable bonds is 8. The summed E-state index contributed by atoms with van der Waals surface area (Å²) in [7, 11) is 4.15. The summed E-state index contributed by atoms with van der Waals surface area (Å²) in [5.74, 6) is 0.918. The molecular formula is C27H46N4O. The molecule has 2 aliphatic rings. The van der Waals surface area contributed by atoms with E-state index < -0.39 is 5.54 Å². The molecule has 1 N–H and O–H groups in total. The number of nitrogens with one attached hydrogen (secondary N) is 1. The van der Waals surface area contributed by atoms with E-state index in [9.17, 15) is 4.79 Å². The van der Waals surface area contributed by atoms with Gasteiger partial charge in [0.25, 0.3) is 0 Å². The zero-order valence-electron chi connectivity index (χ0n) is 21.4. The number of hydrogen-bond acceptors (Lipinski definition) is 4. The Morgan fingerprint density at radius 3 is 2.22 bits per heavy atom. The third-order valence-corrected chi connectivity index (χ3v) is 8.35. The van der Waals surface area contributed by atoms with Gasteiger partial charge in [-0.1, -0.05) is 44.9 Å². The summed E-state index contributed by atoms with van der Waals surface area (Å²) in [5.41, 5.74) is 2.80. The topological polar surface area (TPSA) is 38.8 Å². The molecule has 1 aromatic carbocycles. The molecule has 5 heteroatoms. The number of para-hydroxylation sites is 1. The Kier molecular flexibility index (Phi) is 8.76. The number of aryl methyl sites for hydroxylation is 2. The molecule has 2 fully saturated rings. The summed E-state index contributed by atoms with van der Waals surface area (Å²) < 4.78 is 0. The van der Waals surface area contributed by atoms with Crippen molar-refractivity contribution in [1.29, 1.82) is 0 Å². The van der Waals surface area contributed by atoms with E-state index in [1.54, 1.807) is 0 Å². The quantitative estimate of drug-likeness (QED) is 0.642. The molecule has 1 aliphatic carbocycles. The van der Waals surface area contributed by atoms with Crippen molar-refractivity contribution in [3.63, 3.8) is 0 Å². The molecule has 1 saturated heterocycles. The van der Waals surface area contributed by atoms with Gasteiger partial charge in [-0.25, -0.2) is 0 Å². The van der Waals surface area contributed by atoms with Gasteiger partial charge in [0.1, 0.15) is 5.54 Å². The van der Waals surface area contributed by atoms with E-state index in [2.05, 4.69) is 80.0 Å². The minimum atomic E-state index is -0.436. The van der Waals surface area contributed by atoms with Gasteiger partial charge in [0.2, 0.25) is 5.91 Å². The number of nitrogens with zero attached hydrogens (tertiary/aromatic N) is 3. The first kappa shape index (κ1) is 25.2. The highest BCUT2D eigenvalue weighted by Crippen LogP contribution is 2.35. The maximum absolute atomic E-state index is 13.6. The fraction of sp³-hybridized carbons (Fsp3) is 0.741. The summed E-state index contributed by atoms with van der Waals surface area (Å²) in [4.78, 5) is 21.1. The molecule has 1 aliphatic heterocycles. The van der Waals surface area contributed by atoms with Crippen molar-refractivity contribution >= 4 is 11.6 Å². The zero-order chi connectivity index (χ0) is 23.3. The molecule has 5 nitrogen and oxygen atoms in total. The van der Waals surface area contributed by atoms with Crippen LogP contribution in [-0.4, -0.2) is 79.0 Å². The van der Waals surface area contributed by atoms with E-state index >= 15 is 0 Å². The summed E-state index contributed by atoms with van der Waals surface area (Å²) in [6.07, 6.45) is 7.17. The summed E-state index contributed by atoms with van der Waals surface area (Å²) in [6.45, 7) is 14.2. The van der Waals surface area contributed by atoms with Crippen LogP contribution in [0.15, 0.2) is 18.2 Å². The fourth-order valence-corrected chi connectivity index (χ4v) is 6.04. The Hall–Kier alpha value is -1.43. The van der Waals surface area contributed by atoms with Crippen molar-refractivity contribution in [2.45, 2.75) is 77.8 Å². The standard InChI is InChI=1S/C27H46N4O/c1-7-30(8-2)20-23-14-9-10-15-24(23)31-18-16-27(17-19-31,29(5)6)26(32)28-25-21(3)12-11-13-22(25)4/h11-13,23-24H,7-10,14-20H2,1-6H3,(H,28,32)/t23-,24+/m0/s1. The van der Waals surface area contributed by atoms with Crippen molar-refractivity contribution in [3.05, 3.63) is 29.3 Å². The number of carbonyl (C=O) groups is 1. The van der Waals surface area contributed by atoms with E-state index in [-0.39, 0.29) is 5.91 Å². The number of anilines is 1. The third kappa shape index (κ3) is 5.37. The molecule has 0 spiro atoms. The van der Waals surface area contributed by atoms with Gasteiger partial charge in [0.15, 0.2) is 0 Å². The van der Waals surface area contributed by atoms with E-state index in [4.69, 9.17) is 0 Å². The van der Waals surface area contributed by atoms with Crippen LogP contribution in [0.2, 0.25) is 0 Å². The van der Waals surface area contributed by atoms with Crippen molar-refractivity contribution in [2.75, 3.05) is 52.1 Å². The van der Waals surface area contributed by atoms with E-state index in [0.717, 1.165) is 61.8 Å². The number of likely N-dealkylation sites (tertiary alicyclic amines) is 1. The second-order valence-corrected chi connectivity index (χ2v) is 10.3. The van der Waals surface area contributed by atoms with Crippen LogP contribution < -0.4 is 5.32 Å². The molecule has 0 radical (unpaired) electrons. The lowest BCUT2D eigenvalue weighted by Gasteiger charge is -2.49. The van der Waals surface area contributed by atoms with Crippen LogP contribution in [-0.2, 0) is 4.79 Å². The second-order valence-electron chi connectivity index (χ2n) is 10.3. The normalized spacial score (nSPS) is 24.1. The van der Waals surface area contributed by atoms with Gasteiger partial charge in [-0.15, -0.1) is 0 Å². The zero-order valence-corrected chi connectivity index (χ0v) is 21.4. The highest BCUT2D eigenvalue weighted by atomic mass is 16.2. The van der Waals surface area contributed by atoms with Gasteiger partial charge in [-0.3, -0.25) is 14.6 Å². The predicted molar refractivity (Wildman–Crippen MR) is 135 cm³/mol. The number of amides is 1. The number of hydrogen-bond donors (Lipinski definition) is 1. The van der Waals surface area contributed by atoms with Gasteiger partial charge in [0.05, 0.1) is 0 Å². The molecule has 2 atom stereocenters. The Balaban J connectivity index is 1.70. The molecule has 1 heterocycles. The first-order valence-electron chi connectivity index (χ1n) is 12.8. The molecule has 1 saturated carbocycles. The molecule has 1 aromatic rings. The Labute approximate surface area is 196 Å². The predicted octanol–water partition coefficient (Wildman–Crippen LogP) is 4.54. The molecule has 32 heavy (non-hydrogen) atoms. The van der Waals surface area contributed by atoms with Crippen LogP contribution in [0.25, 0.3) is 0 Å². The van der Waals surface area contributed by atoms with Crippen molar-refractivity contribution in [3.8, 4) is 0 Å². The minimum absolute atomic E-state index is 0.155. The average Bonchev–Trinajstić information content (AvgIpc) is 2.80. The first-order valence-corrected chi connectivity index (χ1v) is 12.8. The largest absolute Gasteiger partial charge is 0.324 e. The molecule has 1 amide bonds. The average molecular weight is 443 g/mol. The monoisotopic (exact) mass is 442 g/mol. The third-order valence-electron chi connectivity index (χ3n) is 8.35. The molecule has 0 unspecified atom stereocenters. The van der Waals surface area contributed by atoms with Crippen LogP contribution in [0, 0.1) is 19.8 Å². The van der Waals surface area contributed by atoms with Gasteiger partial charge >= 0.3 is 0 Å². The maximum atomic E-state index is 13.6. The van der Waals surface area contributed by atoms with Crippen LogP contribution >= 0.6 is 0 Å². The minimum Gasteiger partial charge on any atom is -0.324 e. The Morgan fingerprint density at radius 1 is 1.06 bits per heavy atom.